The molecule has 2 aromatic carbocycles. The molecule has 0 aliphatic heterocycles. The van der Waals surface area contributed by atoms with Crippen LogP contribution in [0.1, 0.15) is 26.3 Å². The minimum Gasteiger partial charge on any atom is -0.348 e. The third kappa shape index (κ3) is 4.68. The third-order valence-corrected chi connectivity index (χ3v) is 3.94. The number of hydrogen-bond donors (Lipinski definition) is 2. The van der Waals surface area contributed by atoms with Gasteiger partial charge < -0.3 is 10.6 Å². The number of rotatable bonds is 5. The lowest BCUT2D eigenvalue weighted by atomic mass is 10.1. The fraction of sp³-hybridized carbons (Fsp3) is 0.0500. The molecule has 26 heavy (non-hydrogen) atoms. The number of benzene rings is 2. The number of carbonyl (C=O) groups excluding carboxylic acids is 2. The van der Waals surface area contributed by atoms with Crippen LogP contribution in [0.4, 0.5) is 5.69 Å². The zero-order valence-corrected chi connectivity index (χ0v) is 14.5. The molecule has 0 aliphatic rings. The Bertz CT molecular complexity index is 895. The molecule has 0 atom stereocenters. The number of pyridine rings is 1. The minimum absolute atomic E-state index is 0.190. The molecule has 2 N–H and O–H groups in total. The van der Waals surface area contributed by atoms with Crippen LogP contribution in [0.25, 0.3) is 0 Å². The van der Waals surface area contributed by atoms with E-state index in [0.717, 1.165) is 5.56 Å². The maximum atomic E-state index is 12.2. The Labute approximate surface area is 156 Å². The van der Waals surface area contributed by atoms with Gasteiger partial charge in [0.1, 0.15) is 0 Å². The number of halogens is 1. The molecule has 1 aromatic heterocycles. The van der Waals surface area contributed by atoms with Crippen molar-refractivity contribution in [2.24, 2.45) is 0 Å². The van der Waals surface area contributed by atoms with Gasteiger partial charge in [0.05, 0.1) is 0 Å². The zero-order valence-electron chi connectivity index (χ0n) is 13.8. The molecule has 0 fully saturated rings. The second kappa shape index (κ2) is 8.27. The molecule has 3 aromatic rings. The van der Waals surface area contributed by atoms with Crippen molar-refractivity contribution < 1.29 is 9.59 Å². The van der Waals surface area contributed by atoms with Crippen molar-refractivity contribution in [1.82, 2.24) is 10.3 Å². The molecule has 0 saturated carbocycles. The summed E-state index contributed by atoms with van der Waals surface area (Å²) >= 11 is 5.82. The molecular formula is C20H16ClN3O2. The van der Waals surface area contributed by atoms with Crippen molar-refractivity contribution in [2.75, 3.05) is 5.32 Å². The summed E-state index contributed by atoms with van der Waals surface area (Å²) in [5, 5.41) is 6.18. The summed E-state index contributed by atoms with van der Waals surface area (Å²) in [4.78, 5) is 28.3. The second-order valence-corrected chi connectivity index (χ2v) is 6.02. The molecule has 1 heterocycles. The topological polar surface area (TPSA) is 71.1 Å². The number of nitrogens with one attached hydrogen (secondary N) is 2. The summed E-state index contributed by atoms with van der Waals surface area (Å²) in [7, 11) is 0. The number of carbonyl (C=O) groups is 2. The van der Waals surface area contributed by atoms with Gasteiger partial charge in [-0.3, -0.25) is 14.6 Å². The van der Waals surface area contributed by atoms with Crippen molar-refractivity contribution in [3.63, 3.8) is 0 Å². The van der Waals surface area contributed by atoms with Gasteiger partial charge in [-0.15, -0.1) is 0 Å². The summed E-state index contributed by atoms with van der Waals surface area (Å²) < 4.78 is 0. The first-order valence-corrected chi connectivity index (χ1v) is 8.34. The van der Waals surface area contributed by atoms with Crippen LogP contribution in [0.3, 0.4) is 0 Å². The number of anilines is 1. The smallest absolute Gasteiger partial charge is 0.255 e. The standard InChI is InChI=1S/C20H16ClN3O2/c21-17-7-3-16(4-8-17)20(26)24-18-9-5-15(6-10-18)19(25)23-13-14-2-1-11-22-12-14/h1-12H,13H2,(H,23,25)(H,24,26). The Balaban J connectivity index is 1.58. The first kappa shape index (κ1) is 17.6. The van der Waals surface area contributed by atoms with E-state index in [-0.39, 0.29) is 11.8 Å². The fourth-order valence-electron chi connectivity index (χ4n) is 2.30. The zero-order chi connectivity index (χ0) is 18.4. The van der Waals surface area contributed by atoms with Crippen LogP contribution >= 0.6 is 11.6 Å². The quantitative estimate of drug-likeness (QED) is 0.720. The normalized spacial score (nSPS) is 10.2. The highest BCUT2D eigenvalue weighted by Crippen LogP contribution is 2.14. The van der Waals surface area contributed by atoms with E-state index in [4.69, 9.17) is 11.6 Å². The number of hydrogen-bond acceptors (Lipinski definition) is 3. The van der Waals surface area contributed by atoms with E-state index < -0.39 is 0 Å². The molecule has 0 aliphatic carbocycles. The van der Waals surface area contributed by atoms with Crippen molar-refractivity contribution in [2.45, 2.75) is 6.54 Å². The minimum atomic E-state index is -0.240. The largest absolute Gasteiger partial charge is 0.348 e. The monoisotopic (exact) mass is 365 g/mol. The molecule has 6 heteroatoms. The van der Waals surface area contributed by atoms with Crippen molar-refractivity contribution in [3.05, 3.63) is 94.8 Å². The fourth-order valence-corrected chi connectivity index (χ4v) is 2.42. The first-order valence-electron chi connectivity index (χ1n) is 7.96. The summed E-state index contributed by atoms with van der Waals surface area (Å²) in [5.41, 5.74) is 2.55. The number of nitrogens with zero attached hydrogens (tertiary/aromatic N) is 1. The van der Waals surface area contributed by atoms with Crippen LogP contribution in [0.2, 0.25) is 5.02 Å². The predicted molar refractivity (Wildman–Crippen MR) is 101 cm³/mol. The van der Waals surface area contributed by atoms with E-state index in [0.29, 0.717) is 28.4 Å². The van der Waals surface area contributed by atoms with Crippen LogP contribution in [0.5, 0.6) is 0 Å². The lowest BCUT2D eigenvalue weighted by Crippen LogP contribution is -2.22. The van der Waals surface area contributed by atoms with Gasteiger partial charge in [-0.1, -0.05) is 17.7 Å². The van der Waals surface area contributed by atoms with Crippen molar-refractivity contribution >= 4 is 29.1 Å². The van der Waals surface area contributed by atoms with Gasteiger partial charge >= 0.3 is 0 Å². The van der Waals surface area contributed by atoms with E-state index in [1.54, 1.807) is 60.9 Å². The molecule has 0 radical (unpaired) electrons. The summed E-state index contributed by atoms with van der Waals surface area (Å²) in [6.45, 7) is 0.404. The maximum Gasteiger partial charge on any atom is 0.255 e. The Morgan fingerprint density at radius 2 is 1.54 bits per heavy atom. The first-order chi connectivity index (χ1) is 12.6. The van der Waals surface area contributed by atoms with Gasteiger partial charge in [-0.25, -0.2) is 0 Å². The summed E-state index contributed by atoms with van der Waals surface area (Å²) in [6, 6.07) is 17.0. The van der Waals surface area contributed by atoms with Gasteiger partial charge in [0.2, 0.25) is 0 Å². The molecule has 2 amide bonds. The van der Waals surface area contributed by atoms with Crippen LogP contribution in [0, 0.1) is 0 Å². The van der Waals surface area contributed by atoms with Gasteiger partial charge in [0.15, 0.2) is 0 Å². The lowest BCUT2D eigenvalue weighted by molar-refractivity contribution is 0.0950. The van der Waals surface area contributed by atoms with Crippen LogP contribution in [-0.4, -0.2) is 16.8 Å². The number of aromatic nitrogens is 1. The van der Waals surface area contributed by atoms with E-state index in [9.17, 15) is 9.59 Å². The Hall–Kier alpha value is -3.18. The Morgan fingerprint density at radius 3 is 2.19 bits per heavy atom. The van der Waals surface area contributed by atoms with E-state index in [2.05, 4.69) is 15.6 Å². The van der Waals surface area contributed by atoms with E-state index in [1.807, 2.05) is 12.1 Å². The van der Waals surface area contributed by atoms with Crippen molar-refractivity contribution in [3.8, 4) is 0 Å². The highest BCUT2D eigenvalue weighted by Gasteiger charge is 2.08. The van der Waals surface area contributed by atoms with E-state index in [1.165, 1.54) is 0 Å². The van der Waals surface area contributed by atoms with Gasteiger partial charge in [0.25, 0.3) is 11.8 Å². The average Bonchev–Trinajstić information content (AvgIpc) is 2.68. The SMILES string of the molecule is O=C(NCc1cccnc1)c1ccc(NC(=O)c2ccc(Cl)cc2)cc1. The van der Waals surface area contributed by atoms with Gasteiger partial charge in [-0.2, -0.15) is 0 Å². The Kier molecular flexibility index (Phi) is 5.61. The van der Waals surface area contributed by atoms with Crippen LogP contribution < -0.4 is 10.6 Å². The predicted octanol–water partition coefficient (Wildman–Crippen LogP) is 3.92. The molecule has 0 bridgehead atoms. The van der Waals surface area contributed by atoms with Crippen molar-refractivity contribution in [1.29, 1.82) is 0 Å². The maximum absolute atomic E-state index is 12.2. The van der Waals surface area contributed by atoms with Gasteiger partial charge in [0, 0.05) is 40.8 Å². The summed E-state index contributed by atoms with van der Waals surface area (Å²) in [5.74, 6) is -0.431. The van der Waals surface area contributed by atoms with Crippen LogP contribution in [0.15, 0.2) is 73.1 Å². The van der Waals surface area contributed by atoms with Gasteiger partial charge in [-0.05, 0) is 60.2 Å². The molecule has 130 valence electrons. The number of amides is 2. The van der Waals surface area contributed by atoms with Crippen LogP contribution in [-0.2, 0) is 6.54 Å². The Morgan fingerprint density at radius 1 is 0.885 bits per heavy atom. The second-order valence-electron chi connectivity index (χ2n) is 5.58. The highest BCUT2D eigenvalue weighted by molar-refractivity contribution is 6.30. The molecule has 3 rings (SSSR count). The summed E-state index contributed by atoms with van der Waals surface area (Å²) in [6.07, 6.45) is 3.39. The third-order valence-electron chi connectivity index (χ3n) is 3.69. The molecule has 0 saturated heterocycles. The lowest BCUT2D eigenvalue weighted by Gasteiger charge is -2.08. The molecule has 0 spiro atoms. The molecule has 0 unspecified atom stereocenters. The average molecular weight is 366 g/mol. The molecular weight excluding hydrogens is 350 g/mol. The highest BCUT2D eigenvalue weighted by atomic mass is 35.5. The van der Waals surface area contributed by atoms with E-state index >= 15 is 0 Å². The molecule has 5 nitrogen and oxygen atoms in total.